The molecule has 2 aromatic rings. The van der Waals surface area contributed by atoms with E-state index in [1.807, 2.05) is 6.92 Å². The van der Waals surface area contributed by atoms with E-state index in [0.29, 0.717) is 18.7 Å². The molecule has 2 heterocycles. The van der Waals surface area contributed by atoms with Crippen molar-refractivity contribution in [2.75, 3.05) is 13.1 Å². The van der Waals surface area contributed by atoms with E-state index in [0.717, 1.165) is 22.9 Å². The Morgan fingerprint density at radius 3 is 2.91 bits per heavy atom. The quantitative estimate of drug-likeness (QED) is 0.846. The van der Waals surface area contributed by atoms with Gasteiger partial charge in [-0.3, -0.25) is 0 Å². The molecule has 124 valence electrons. The zero-order valence-corrected chi connectivity index (χ0v) is 14.4. The van der Waals surface area contributed by atoms with E-state index in [1.165, 1.54) is 33.8 Å². The highest BCUT2D eigenvalue weighted by Crippen LogP contribution is 2.30. The van der Waals surface area contributed by atoms with E-state index in [1.54, 1.807) is 6.07 Å². The number of hydrogen-bond acceptors (Lipinski definition) is 5. The van der Waals surface area contributed by atoms with Gasteiger partial charge in [0.15, 0.2) is 0 Å². The standard InChI is InChI=1S/C15H18FN3O2S2/c1-11-17-18-15(22-11)13-5-3-7-19(9-13)23(20,21)10-12-4-2-6-14(16)8-12/h2,4,6,8,13H,3,5,7,9-10H2,1H3. The summed E-state index contributed by atoms with van der Waals surface area (Å²) in [6, 6.07) is 5.75. The van der Waals surface area contributed by atoms with Gasteiger partial charge in [0.1, 0.15) is 15.8 Å². The molecule has 1 aromatic heterocycles. The second-order valence-electron chi connectivity index (χ2n) is 5.74. The van der Waals surface area contributed by atoms with Gasteiger partial charge in [-0.15, -0.1) is 21.5 Å². The third-order valence-electron chi connectivity index (χ3n) is 3.91. The first-order valence-electron chi connectivity index (χ1n) is 7.46. The number of benzene rings is 1. The highest BCUT2D eigenvalue weighted by atomic mass is 32.2. The van der Waals surface area contributed by atoms with Crippen LogP contribution in [0.4, 0.5) is 4.39 Å². The number of piperidine rings is 1. The molecule has 0 saturated carbocycles. The van der Waals surface area contributed by atoms with Crippen LogP contribution >= 0.6 is 11.3 Å². The molecule has 1 aliphatic rings. The van der Waals surface area contributed by atoms with Crippen LogP contribution in [-0.2, 0) is 15.8 Å². The van der Waals surface area contributed by atoms with Gasteiger partial charge in [-0.1, -0.05) is 12.1 Å². The van der Waals surface area contributed by atoms with Crippen molar-refractivity contribution in [2.24, 2.45) is 0 Å². The van der Waals surface area contributed by atoms with Crippen molar-refractivity contribution in [1.82, 2.24) is 14.5 Å². The van der Waals surface area contributed by atoms with Crippen LogP contribution in [0.15, 0.2) is 24.3 Å². The van der Waals surface area contributed by atoms with Gasteiger partial charge >= 0.3 is 0 Å². The molecule has 3 rings (SSSR count). The molecule has 0 spiro atoms. The number of halogens is 1. The van der Waals surface area contributed by atoms with Crippen molar-refractivity contribution in [2.45, 2.75) is 31.4 Å². The van der Waals surface area contributed by atoms with Crippen molar-refractivity contribution in [3.8, 4) is 0 Å². The molecule has 1 unspecified atom stereocenters. The zero-order valence-electron chi connectivity index (χ0n) is 12.8. The number of aromatic nitrogens is 2. The molecule has 1 aliphatic heterocycles. The molecule has 1 aromatic carbocycles. The van der Waals surface area contributed by atoms with E-state index in [2.05, 4.69) is 10.2 Å². The number of aryl methyl sites for hydroxylation is 1. The molecule has 1 atom stereocenters. The minimum absolute atomic E-state index is 0.0947. The molecule has 5 nitrogen and oxygen atoms in total. The van der Waals surface area contributed by atoms with E-state index in [9.17, 15) is 12.8 Å². The lowest BCUT2D eigenvalue weighted by Crippen LogP contribution is -2.39. The molecular formula is C15H18FN3O2S2. The summed E-state index contributed by atoms with van der Waals surface area (Å²) in [7, 11) is -3.46. The van der Waals surface area contributed by atoms with Crippen LogP contribution in [0.3, 0.4) is 0 Å². The summed E-state index contributed by atoms with van der Waals surface area (Å²) in [5.41, 5.74) is 0.471. The Labute approximate surface area is 139 Å². The van der Waals surface area contributed by atoms with Gasteiger partial charge in [-0.25, -0.2) is 17.1 Å². The second-order valence-corrected chi connectivity index (χ2v) is 8.92. The minimum atomic E-state index is -3.46. The van der Waals surface area contributed by atoms with Crippen molar-refractivity contribution >= 4 is 21.4 Å². The summed E-state index contributed by atoms with van der Waals surface area (Å²) < 4.78 is 40.0. The Kier molecular flexibility index (Phi) is 4.74. The first-order valence-corrected chi connectivity index (χ1v) is 9.89. The first kappa shape index (κ1) is 16.5. The average Bonchev–Trinajstić information content (AvgIpc) is 2.94. The van der Waals surface area contributed by atoms with Gasteiger partial charge in [0.05, 0.1) is 5.75 Å². The third kappa shape index (κ3) is 3.94. The molecular weight excluding hydrogens is 337 g/mol. The molecule has 8 heteroatoms. The SMILES string of the molecule is Cc1nnc(C2CCCN(S(=O)(=O)Cc3cccc(F)c3)C2)s1. The second kappa shape index (κ2) is 6.62. The summed E-state index contributed by atoms with van der Waals surface area (Å²) >= 11 is 1.52. The van der Waals surface area contributed by atoms with Crippen LogP contribution in [0.2, 0.25) is 0 Å². The number of nitrogens with zero attached hydrogens (tertiary/aromatic N) is 3. The van der Waals surface area contributed by atoms with Gasteiger partial charge in [-0.05, 0) is 37.5 Å². The lowest BCUT2D eigenvalue weighted by atomic mass is 10.0. The average molecular weight is 355 g/mol. The number of rotatable bonds is 4. The van der Waals surface area contributed by atoms with E-state index < -0.39 is 15.8 Å². The van der Waals surface area contributed by atoms with Crippen LogP contribution in [0.5, 0.6) is 0 Å². The Bertz CT molecular complexity index is 792. The maximum Gasteiger partial charge on any atom is 0.218 e. The molecule has 23 heavy (non-hydrogen) atoms. The summed E-state index contributed by atoms with van der Waals surface area (Å²) in [6.45, 7) is 2.82. The van der Waals surface area contributed by atoms with Crippen LogP contribution in [0, 0.1) is 12.7 Å². The lowest BCUT2D eigenvalue weighted by molar-refractivity contribution is 0.314. The molecule has 0 amide bonds. The fourth-order valence-corrected chi connectivity index (χ4v) is 5.22. The number of hydrogen-bond donors (Lipinski definition) is 0. The minimum Gasteiger partial charge on any atom is -0.212 e. The van der Waals surface area contributed by atoms with Gasteiger partial charge in [0.25, 0.3) is 0 Å². The Balaban J connectivity index is 1.74. The van der Waals surface area contributed by atoms with Gasteiger partial charge in [0, 0.05) is 19.0 Å². The largest absolute Gasteiger partial charge is 0.218 e. The first-order chi connectivity index (χ1) is 10.9. The normalized spacial score (nSPS) is 19.8. The van der Waals surface area contributed by atoms with E-state index >= 15 is 0 Å². The molecule has 0 aliphatic carbocycles. The highest BCUT2D eigenvalue weighted by molar-refractivity contribution is 7.88. The van der Waals surface area contributed by atoms with Crippen molar-refractivity contribution in [3.63, 3.8) is 0 Å². The zero-order chi connectivity index (χ0) is 16.4. The summed E-state index contributed by atoms with van der Waals surface area (Å²) in [5.74, 6) is -0.497. The van der Waals surface area contributed by atoms with E-state index in [-0.39, 0.29) is 11.7 Å². The topological polar surface area (TPSA) is 63.2 Å². The van der Waals surface area contributed by atoms with Crippen LogP contribution in [0.25, 0.3) is 0 Å². The van der Waals surface area contributed by atoms with Crippen molar-refractivity contribution < 1.29 is 12.8 Å². The van der Waals surface area contributed by atoms with Crippen LogP contribution in [-0.4, -0.2) is 36.0 Å². The Morgan fingerprint density at radius 2 is 2.22 bits per heavy atom. The van der Waals surface area contributed by atoms with Gasteiger partial charge < -0.3 is 0 Å². The Morgan fingerprint density at radius 1 is 1.39 bits per heavy atom. The van der Waals surface area contributed by atoms with Crippen LogP contribution < -0.4 is 0 Å². The summed E-state index contributed by atoms with van der Waals surface area (Å²) in [4.78, 5) is 0. The van der Waals surface area contributed by atoms with Gasteiger partial charge in [-0.2, -0.15) is 0 Å². The maximum atomic E-state index is 13.2. The fourth-order valence-electron chi connectivity index (χ4n) is 2.80. The van der Waals surface area contributed by atoms with Crippen molar-refractivity contribution in [3.05, 3.63) is 45.7 Å². The Hall–Kier alpha value is -1.38. The fraction of sp³-hybridized carbons (Fsp3) is 0.467. The highest BCUT2D eigenvalue weighted by Gasteiger charge is 2.31. The predicted molar refractivity (Wildman–Crippen MR) is 87.2 cm³/mol. The summed E-state index contributed by atoms with van der Waals surface area (Å²) in [5, 5.41) is 9.95. The maximum absolute atomic E-state index is 13.2. The monoisotopic (exact) mass is 355 g/mol. The number of sulfonamides is 1. The third-order valence-corrected chi connectivity index (χ3v) is 6.72. The van der Waals surface area contributed by atoms with E-state index in [4.69, 9.17) is 0 Å². The predicted octanol–water partition coefficient (Wildman–Crippen LogP) is 2.70. The molecule has 0 bridgehead atoms. The lowest BCUT2D eigenvalue weighted by Gasteiger charge is -2.30. The molecule has 1 saturated heterocycles. The smallest absolute Gasteiger partial charge is 0.212 e. The molecule has 0 radical (unpaired) electrons. The van der Waals surface area contributed by atoms with Gasteiger partial charge in [0.2, 0.25) is 10.0 Å². The molecule has 1 fully saturated rings. The van der Waals surface area contributed by atoms with Crippen molar-refractivity contribution in [1.29, 1.82) is 0 Å². The summed E-state index contributed by atoms with van der Waals surface area (Å²) in [6.07, 6.45) is 1.71. The van der Waals surface area contributed by atoms with Crippen LogP contribution in [0.1, 0.15) is 34.3 Å². The molecule has 0 N–H and O–H groups in total.